The van der Waals surface area contributed by atoms with E-state index in [2.05, 4.69) is 40.9 Å². The molecule has 1 aliphatic heterocycles. The van der Waals surface area contributed by atoms with E-state index in [-0.39, 0.29) is 12.5 Å². The van der Waals surface area contributed by atoms with Crippen LogP contribution in [0.3, 0.4) is 0 Å². The SMILES string of the molecule is CC(C)(C)C1CCC(N2CCN(c3ccc(C(=O)NCCF)nc3)CC2)C1. The first-order valence-corrected chi connectivity index (χ1v) is 10.2. The molecule has 1 aliphatic carbocycles. The topological polar surface area (TPSA) is 48.5 Å². The van der Waals surface area contributed by atoms with Crippen molar-refractivity contribution < 1.29 is 9.18 Å². The fraction of sp³-hybridized carbons (Fsp3) is 0.714. The van der Waals surface area contributed by atoms with Gasteiger partial charge in [0.25, 0.3) is 5.91 Å². The van der Waals surface area contributed by atoms with Crippen LogP contribution in [0.2, 0.25) is 0 Å². The predicted octanol–water partition coefficient (Wildman–Crippen LogP) is 3.12. The van der Waals surface area contributed by atoms with Gasteiger partial charge in [0, 0.05) is 38.8 Å². The Kier molecular flexibility index (Phi) is 6.35. The first-order chi connectivity index (χ1) is 12.9. The van der Waals surface area contributed by atoms with Gasteiger partial charge in [-0.3, -0.25) is 9.69 Å². The number of alkyl halides is 1. The van der Waals surface area contributed by atoms with Crippen LogP contribution in [0.1, 0.15) is 50.5 Å². The third-order valence-electron chi connectivity index (χ3n) is 6.19. The summed E-state index contributed by atoms with van der Waals surface area (Å²) < 4.78 is 12.2. The quantitative estimate of drug-likeness (QED) is 0.858. The number of amides is 1. The van der Waals surface area contributed by atoms with Gasteiger partial charge in [-0.1, -0.05) is 20.8 Å². The molecule has 1 aromatic rings. The molecule has 27 heavy (non-hydrogen) atoms. The van der Waals surface area contributed by atoms with E-state index in [0.29, 0.717) is 11.1 Å². The minimum absolute atomic E-state index is 0.0292. The van der Waals surface area contributed by atoms with Crippen LogP contribution < -0.4 is 10.2 Å². The lowest BCUT2D eigenvalue weighted by Gasteiger charge is -2.39. The molecule has 2 heterocycles. The van der Waals surface area contributed by atoms with Crippen LogP contribution in [-0.2, 0) is 0 Å². The van der Waals surface area contributed by atoms with Crippen molar-refractivity contribution in [2.75, 3.05) is 44.3 Å². The summed E-state index contributed by atoms with van der Waals surface area (Å²) >= 11 is 0. The largest absolute Gasteiger partial charge is 0.368 e. The summed E-state index contributed by atoms with van der Waals surface area (Å²) in [6.45, 7) is 10.7. The van der Waals surface area contributed by atoms with Gasteiger partial charge in [-0.2, -0.15) is 0 Å². The van der Waals surface area contributed by atoms with Crippen molar-refractivity contribution in [2.45, 2.75) is 46.1 Å². The zero-order chi connectivity index (χ0) is 19.4. The summed E-state index contributed by atoms with van der Waals surface area (Å²) in [5, 5.41) is 2.50. The number of rotatable bonds is 5. The summed E-state index contributed by atoms with van der Waals surface area (Å²) in [5.41, 5.74) is 1.81. The number of hydrogen-bond donors (Lipinski definition) is 1. The van der Waals surface area contributed by atoms with Gasteiger partial charge in [0.2, 0.25) is 0 Å². The van der Waals surface area contributed by atoms with E-state index in [0.717, 1.165) is 43.8 Å². The van der Waals surface area contributed by atoms with E-state index in [1.807, 2.05) is 6.07 Å². The average molecular weight is 377 g/mol. The maximum absolute atomic E-state index is 12.2. The lowest BCUT2D eigenvalue weighted by Crippen LogP contribution is -2.50. The fourth-order valence-corrected chi connectivity index (χ4v) is 4.38. The Balaban J connectivity index is 1.50. The van der Waals surface area contributed by atoms with Gasteiger partial charge in [-0.05, 0) is 42.7 Å². The molecule has 5 nitrogen and oxygen atoms in total. The van der Waals surface area contributed by atoms with Crippen molar-refractivity contribution in [2.24, 2.45) is 11.3 Å². The number of anilines is 1. The highest BCUT2D eigenvalue weighted by atomic mass is 19.1. The van der Waals surface area contributed by atoms with Crippen LogP contribution in [0.5, 0.6) is 0 Å². The Labute approximate surface area is 162 Å². The van der Waals surface area contributed by atoms with E-state index >= 15 is 0 Å². The molecule has 0 aromatic carbocycles. The Morgan fingerprint density at radius 3 is 2.52 bits per heavy atom. The number of halogens is 1. The van der Waals surface area contributed by atoms with Crippen molar-refractivity contribution in [3.63, 3.8) is 0 Å². The van der Waals surface area contributed by atoms with Crippen molar-refractivity contribution >= 4 is 11.6 Å². The summed E-state index contributed by atoms with van der Waals surface area (Å²) in [6.07, 6.45) is 5.76. The summed E-state index contributed by atoms with van der Waals surface area (Å²) in [4.78, 5) is 21.1. The van der Waals surface area contributed by atoms with Crippen molar-refractivity contribution in [1.29, 1.82) is 0 Å². The second-order valence-corrected chi connectivity index (χ2v) is 8.90. The van der Waals surface area contributed by atoms with Gasteiger partial charge in [0.15, 0.2) is 0 Å². The molecule has 1 N–H and O–H groups in total. The maximum Gasteiger partial charge on any atom is 0.269 e. The molecule has 2 aliphatic rings. The maximum atomic E-state index is 12.2. The molecule has 150 valence electrons. The Hall–Kier alpha value is -1.69. The molecule has 0 spiro atoms. The molecule has 2 unspecified atom stereocenters. The monoisotopic (exact) mass is 376 g/mol. The zero-order valence-electron chi connectivity index (χ0n) is 16.9. The van der Waals surface area contributed by atoms with E-state index in [1.165, 1.54) is 19.3 Å². The first-order valence-electron chi connectivity index (χ1n) is 10.2. The molecule has 0 radical (unpaired) electrons. The number of piperazine rings is 1. The van der Waals surface area contributed by atoms with Gasteiger partial charge < -0.3 is 10.2 Å². The molecule has 6 heteroatoms. The van der Waals surface area contributed by atoms with Crippen LogP contribution in [0, 0.1) is 11.3 Å². The lowest BCUT2D eigenvalue weighted by atomic mass is 9.79. The molecule has 3 rings (SSSR count). The molecule has 0 bridgehead atoms. The van der Waals surface area contributed by atoms with Crippen LogP contribution in [0.25, 0.3) is 0 Å². The highest BCUT2D eigenvalue weighted by molar-refractivity contribution is 5.92. The summed E-state index contributed by atoms with van der Waals surface area (Å²) in [6, 6.07) is 4.40. The first kappa shape index (κ1) is 20.1. The van der Waals surface area contributed by atoms with Crippen molar-refractivity contribution in [3.05, 3.63) is 24.0 Å². The highest BCUT2D eigenvalue weighted by Gasteiger charge is 2.36. The van der Waals surface area contributed by atoms with Crippen molar-refractivity contribution in [1.82, 2.24) is 15.2 Å². The summed E-state index contributed by atoms with van der Waals surface area (Å²) in [7, 11) is 0. The number of aromatic nitrogens is 1. The van der Waals surface area contributed by atoms with Gasteiger partial charge in [0.05, 0.1) is 11.9 Å². The second-order valence-electron chi connectivity index (χ2n) is 8.90. The molecule has 1 saturated carbocycles. The minimum atomic E-state index is -0.564. The van der Waals surface area contributed by atoms with Crippen LogP contribution >= 0.6 is 0 Å². The number of nitrogens with one attached hydrogen (secondary N) is 1. The number of carbonyl (C=O) groups is 1. The Morgan fingerprint density at radius 2 is 1.96 bits per heavy atom. The molecule has 1 saturated heterocycles. The normalized spacial score (nSPS) is 24.2. The zero-order valence-corrected chi connectivity index (χ0v) is 16.9. The van der Waals surface area contributed by atoms with Crippen LogP contribution in [0.15, 0.2) is 18.3 Å². The number of carbonyl (C=O) groups excluding carboxylic acids is 1. The van der Waals surface area contributed by atoms with Crippen molar-refractivity contribution in [3.8, 4) is 0 Å². The van der Waals surface area contributed by atoms with E-state index in [4.69, 9.17) is 0 Å². The molecule has 1 aromatic heterocycles. The third kappa shape index (κ3) is 4.98. The predicted molar refractivity (Wildman–Crippen MR) is 107 cm³/mol. The standard InChI is InChI=1S/C21H33FN4O/c1-21(2,3)16-4-5-17(14-16)25-10-12-26(13-11-25)18-6-7-19(24-15-18)20(27)23-9-8-22/h6-7,15-17H,4-5,8-14H2,1-3H3,(H,23,27). The average Bonchev–Trinajstić information content (AvgIpc) is 3.17. The number of hydrogen-bond acceptors (Lipinski definition) is 4. The minimum Gasteiger partial charge on any atom is -0.368 e. The number of nitrogens with zero attached hydrogens (tertiary/aromatic N) is 3. The van der Waals surface area contributed by atoms with E-state index < -0.39 is 6.67 Å². The number of pyridine rings is 1. The second kappa shape index (κ2) is 8.55. The van der Waals surface area contributed by atoms with Gasteiger partial charge in [-0.15, -0.1) is 0 Å². The van der Waals surface area contributed by atoms with Gasteiger partial charge in [-0.25, -0.2) is 9.37 Å². The fourth-order valence-electron chi connectivity index (χ4n) is 4.38. The van der Waals surface area contributed by atoms with Crippen LogP contribution in [0.4, 0.5) is 10.1 Å². The molecular weight excluding hydrogens is 343 g/mol. The van der Waals surface area contributed by atoms with E-state index in [1.54, 1.807) is 12.3 Å². The van der Waals surface area contributed by atoms with Crippen LogP contribution in [-0.4, -0.2) is 61.2 Å². The van der Waals surface area contributed by atoms with Gasteiger partial charge in [0.1, 0.15) is 12.4 Å². The highest BCUT2D eigenvalue weighted by Crippen LogP contribution is 2.41. The Bertz CT molecular complexity index is 620. The smallest absolute Gasteiger partial charge is 0.269 e. The molecule has 2 atom stereocenters. The summed E-state index contributed by atoms with van der Waals surface area (Å²) in [5.74, 6) is 0.513. The van der Waals surface area contributed by atoms with Gasteiger partial charge >= 0.3 is 0 Å². The Morgan fingerprint density at radius 1 is 1.22 bits per heavy atom. The lowest BCUT2D eigenvalue weighted by molar-refractivity contribution is 0.0946. The molecular formula is C21H33FN4O. The van der Waals surface area contributed by atoms with E-state index in [9.17, 15) is 9.18 Å². The molecule has 2 fully saturated rings. The third-order valence-corrected chi connectivity index (χ3v) is 6.19. The molecule has 1 amide bonds.